The Morgan fingerprint density at radius 3 is 2.24 bits per heavy atom. The van der Waals surface area contributed by atoms with Gasteiger partial charge in [0.2, 0.25) is 0 Å². The zero-order valence-corrected chi connectivity index (χ0v) is 21.9. The summed E-state index contributed by atoms with van der Waals surface area (Å²) in [6, 6.07) is 26.4. The van der Waals surface area contributed by atoms with Crippen LogP contribution in [0.25, 0.3) is 0 Å². The Morgan fingerprint density at radius 1 is 0.921 bits per heavy atom. The maximum atomic E-state index is 13.4. The molecule has 4 rings (SSSR count). The fourth-order valence-electron chi connectivity index (χ4n) is 3.88. The molecule has 0 saturated carbocycles. The predicted molar refractivity (Wildman–Crippen MR) is 149 cm³/mol. The van der Waals surface area contributed by atoms with Gasteiger partial charge in [-0.2, -0.15) is 0 Å². The van der Waals surface area contributed by atoms with E-state index < -0.39 is 11.5 Å². The van der Waals surface area contributed by atoms with Crippen LogP contribution in [-0.2, 0) is 13.0 Å². The number of amides is 1. The SMILES string of the molecule is COc1ccc(C(=O)CSc2ncc(C(=O)NCCCc3ccccc3)c(=O)n2Cc2ccccc2)cc1. The Bertz CT molecular complexity index is 1420. The fourth-order valence-corrected chi connectivity index (χ4v) is 4.74. The van der Waals surface area contributed by atoms with Gasteiger partial charge in [0.25, 0.3) is 11.5 Å². The quantitative estimate of drug-likeness (QED) is 0.125. The van der Waals surface area contributed by atoms with Gasteiger partial charge in [-0.15, -0.1) is 0 Å². The molecule has 1 N–H and O–H groups in total. The predicted octanol–water partition coefficient (Wildman–Crippen LogP) is 4.64. The van der Waals surface area contributed by atoms with E-state index in [9.17, 15) is 14.4 Å². The van der Waals surface area contributed by atoms with Gasteiger partial charge >= 0.3 is 0 Å². The molecule has 0 atom stereocenters. The van der Waals surface area contributed by atoms with Crippen molar-refractivity contribution in [3.63, 3.8) is 0 Å². The molecule has 0 aliphatic rings. The van der Waals surface area contributed by atoms with Crippen molar-refractivity contribution in [3.05, 3.63) is 124 Å². The highest BCUT2D eigenvalue weighted by molar-refractivity contribution is 7.99. The molecule has 0 aliphatic carbocycles. The zero-order chi connectivity index (χ0) is 26.7. The lowest BCUT2D eigenvalue weighted by Gasteiger charge is -2.13. The third-order valence-corrected chi connectivity index (χ3v) is 6.94. The molecule has 8 heteroatoms. The van der Waals surface area contributed by atoms with E-state index in [1.807, 2.05) is 60.7 Å². The molecule has 1 aromatic heterocycles. The van der Waals surface area contributed by atoms with Crippen LogP contribution >= 0.6 is 11.8 Å². The van der Waals surface area contributed by atoms with Crippen LogP contribution in [0.3, 0.4) is 0 Å². The van der Waals surface area contributed by atoms with Crippen LogP contribution in [-0.4, -0.2) is 40.6 Å². The Kier molecular flexibility index (Phi) is 9.48. The highest BCUT2D eigenvalue weighted by Gasteiger charge is 2.18. The number of benzene rings is 3. The van der Waals surface area contributed by atoms with Crippen LogP contribution in [0.1, 0.15) is 38.3 Å². The number of methoxy groups -OCH3 is 1. The van der Waals surface area contributed by atoms with E-state index in [1.54, 1.807) is 31.4 Å². The first-order chi connectivity index (χ1) is 18.5. The molecule has 0 radical (unpaired) electrons. The highest BCUT2D eigenvalue weighted by atomic mass is 32.2. The standard InChI is InChI=1S/C30H29N3O4S/c1-37-25-16-14-24(15-17-25)27(34)21-38-30-32-19-26(29(36)33(30)20-23-11-6-3-7-12-23)28(35)31-18-8-13-22-9-4-2-5-10-22/h2-7,9-12,14-17,19H,8,13,18,20-21H2,1H3,(H,31,35). The van der Waals surface area contributed by atoms with Gasteiger partial charge in [0.15, 0.2) is 10.9 Å². The molecule has 0 unspecified atom stereocenters. The highest BCUT2D eigenvalue weighted by Crippen LogP contribution is 2.19. The average molecular weight is 528 g/mol. The van der Waals surface area contributed by atoms with E-state index in [0.717, 1.165) is 18.4 Å². The van der Waals surface area contributed by atoms with E-state index in [2.05, 4.69) is 10.3 Å². The second-order valence-corrected chi connectivity index (χ2v) is 9.56. The van der Waals surface area contributed by atoms with Crippen molar-refractivity contribution in [1.29, 1.82) is 0 Å². The van der Waals surface area contributed by atoms with E-state index in [-0.39, 0.29) is 23.6 Å². The number of nitrogens with one attached hydrogen (secondary N) is 1. The number of ether oxygens (including phenoxy) is 1. The molecular formula is C30H29N3O4S. The van der Waals surface area contributed by atoms with Crippen LogP contribution in [0.4, 0.5) is 0 Å². The summed E-state index contributed by atoms with van der Waals surface area (Å²) in [6.07, 6.45) is 2.88. The molecule has 0 saturated heterocycles. The lowest BCUT2D eigenvalue weighted by Crippen LogP contribution is -2.35. The van der Waals surface area contributed by atoms with Crippen LogP contribution in [0, 0.1) is 0 Å². The van der Waals surface area contributed by atoms with Crippen molar-refractivity contribution in [1.82, 2.24) is 14.9 Å². The van der Waals surface area contributed by atoms with Gasteiger partial charge < -0.3 is 10.1 Å². The second-order valence-electron chi connectivity index (χ2n) is 8.62. The number of hydrogen-bond acceptors (Lipinski definition) is 6. The Labute approximate surface area is 225 Å². The molecule has 0 spiro atoms. The van der Waals surface area contributed by atoms with Gasteiger partial charge in [-0.3, -0.25) is 19.0 Å². The number of Topliss-reactive ketones (excluding diaryl/α,β-unsaturated/α-hetero) is 1. The molecule has 3 aromatic carbocycles. The van der Waals surface area contributed by atoms with Crippen molar-refractivity contribution < 1.29 is 14.3 Å². The third-order valence-electron chi connectivity index (χ3n) is 5.95. The molecule has 0 fully saturated rings. The summed E-state index contributed by atoms with van der Waals surface area (Å²) in [5.41, 5.74) is 2.16. The second kappa shape index (κ2) is 13.4. The van der Waals surface area contributed by atoms with Gasteiger partial charge in [0.05, 0.1) is 19.4 Å². The number of hydrogen-bond donors (Lipinski definition) is 1. The fraction of sp³-hybridized carbons (Fsp3) is 0.200. The van der Waals surface area contributed by atoms with E-state index in [4.69, 9.17) is 4.74 Å². The van der Waals surface area contributed by atoms with Crippen molar-refractivity contribution in [2.45, 2.75) is 24.5 Å². The minimum absolute atomic E-state index is 0.0218. The summed E-state index contributed by atoms with van der Waals surface area (Å²) in [5.74, 6) is 0.210. The van der Waals surface area contributed by atoms with Gasteiger partial charge in [-0.25, -0.2) is 4.98 Å². The average Bonchev–Trinajstić information content (AvgIpc) is 2.96. The van der Waals surface area contributed by atoms with Crippen molar-refractivity contribution in [2.24, 2.45) is 0 Å². The molecule has 38 heavy (non-hydrogen) atoms. The first-order valence-corrected chi connectivity index (χ1v) is 13.3. The molecule has 4 aromatic rings. The van der Waals surface area contributed by atoms with Crippen molar-refractivity contribution in [2.75, 3.05) is 19.4 Å². The summed E-state index contributed by atoms with van der Waals surface area (Å²) >= 11 is 1.17. The normalized spacial score (nSPS) is 10.7. The minimum Gasteiger partial charge on any atom is -0.497 e. The number of aromatic nitrogens is 2. The van der Waals surface area contributed by atoms with Gasteiger partial charge in [-0.05, 0) is 48.2 Å². The number of carbonyl (C=O) groups is 2. The smallest absolute Gasteiger partial charge is 0.267 e. The number of aryl methyl sites for hydroxylation is 1. The molecule has 194 valence electrons. The van der Waals surface area contributed by atoms with Gasteiger partial charge in [-0.1, -0.05) is 72.4 Å². The number of thioether (sulfide) groups is 1. The third kappa shape index (κ3) is 7.20. The lowest BCUT2D eigenvalue weighted by molar-refractivity contribution is 0.0949. The maximum Gasteiger partial charge on any atom is 0.267 e. The number of nitrogens with zero attached hydrogens (tertiary/aromatic N) is 2. The lowest BCUT2D eigenvalue weighted by atomic mass is 10.1. The first kappa shape index (κ1) is 26.9. The molecule has 0 bridgehead atoms. The molecule has 7 nitrogen and oxygen atoms in total. The van der Waals surface area contributed by atoms with E-state index >= 15 is 0 Å². The molecular weight excluding hydrogens is 498 g/mol. The van der Waals surface area contributed by atoms with Crippen LogP contribution < -0.4 is 15.6 Å². The van der Waals surface area contributed by atoms with Crippen LogP contribution in [0.15, 0.2) is 101 Å². The zero-order valence-electron chi connectivity index (χ0n) is 21.1. The topological polar surface area (TPSA) is 90.3 Å². The molecule has 1 heterocycles. The Balaban J connectivity index is 1.48. The van der Waals surface area contributed by atoms with E-state index in [0.29, 0.717) is 23.0 Å². The molecule has 1 amide bonds. The summed E-state index contributed by atoms with van der Waals surface area (Å²) in [7, 11) is 1.57. The summed E-state index contributed by atoms with van der Waals surface area (Å²) < 4.78 is 6.61. The summed E-state index contributed by atoms with van der Waals surface area (Å²) in [4.78, 5) is 43.5. The first-order valence-electron chi connectivity index (χ1n) is 12.3. The minimum atomic E-state index is -0.455. The Morgan fingerprint density at radius 2 is 1.58 bits per heavy atom. The Hall–Kier alpha value is -4.17. The largest absolute Gasteiger partial charge is 0.497 e. The van der Waals surface area contributed by atoms with Gasteiger partial charge in [0, 0.05) is 18.3 Å². The van der Waals surface area contributed by atoms with Crippen molar-refractivity contribution >= 4 is 23.5 Å². The van der Waals surface area contributed by atoms with Crippen molar-refractivity contribution in [3.8, 4) is 5.75 Å². The number of rotatable bonds is 12. The maximum absolute atomic E-state index is 13.4. The summed E-state index contributed by atoms with van der Waals surface area (Å²) in [5, 5.41) is 3.21. The van der Waals surface area contributed by atoms with Crippen LogP contribution in [0.2, 0.25) is 0 Å². The number of carbonyl (C=O) groups excluding carboxylic acids is 2. The van der Waals surface area contributed by atoms with Crippen LogP contribution in [0.5, 0.6) is 5.75 Å². The number of ketones is 1. The van der Waals surface area contributed by atoms with Gasteiger partial charge in [0.1, 0.15) is 11.3 Å². The monoisotopic (exact) mass is 527 g/mol. The molecule has 0 aliphatic heterocycles. The van der Waals surface area contributed by atoms with E-state index in [1.165, 1.54) is 28.1 Å². The summed E-state index contributed by atoms with van der Waals surface area (Å²) in [6.45, 7) is 0.680.